The van der Waals surface area contributed by atoms with E-state index in [1.807, 2.05) is 24.0 Å². The molecule has 2 saturated heterocycles. The number of esters is 1. The number of amides is 1. The van der Waals surface area contributed by atoms with Gasteiger partial charge in [0, 0.05) is 43.7 Å². The molecule has 0 aliphatic carbocycles. The highest BCUT2D eigenvalue weighted by molar-refractivity contribution is 7.25. The van der Waals surface area contributed by atoms with Gasteiger partial charge in [0.2, 0.25) is 5.91 Å². The zero-order chi connectivity index (χ0) is 22.1. The summed E-state index contributed by atoms with van der Waals surface area (Å²) in [6, 6.07) is 3.98. The molecule has 2 aliphatic heterocycles. The fraction of sp³-hybridized carbons (Fsp3) is 0.522. The van der Waals surface area contributed by atoms with Crippen LogP contribution in [-0.4, -0.2) is 64.5 Å². The van der Waals surface area contributed by atoms with Gasteiger partial charge in [0.15, 0.2) is 0 Å². The molecule has 8 nitrogen and oxygen atoms in total. The van der Waals surface area contributed by atoms with Gasteiger partial charge in [0.05, 0.1) is 22.7 Å². The Morgan fingerprint density at radius 2 is 1.97 bits per heavy atom. The average Bonchev–Trinajstić information content (AvgIpc) is 3.23. The predicted octanol–water partition coefficient (Wildman–Crippen LogP) is 3.26. The van der Waals surface area contributed by atoms with Gasteiger partial charge in [-0.15, -0.1) is 11.3 Å². The number of hydrogen-bond acceptors (Lipinski definition) is 8. The Morgan fingerprint density at radius 3 is 2.78 bits per heavy atom. The first-order valence-electron chi connectivity index (χ1n) is 11.3. The maximum Gasteiger partial charge on any atom is 0.310 e. The summed E-state index contributed by atoms with van der Waals surface area (Å²) in [4.78, 5) is 44.0. The largest absolute Gasteiger partial charge is 0.466 e. The lowest BCUT2D eigenvalue weighted by molar-refractivity contribution is -0.152. The Kier molecular flexibility index (Phi) is 5.91. The van der Waals surface area contributed by atoms with Crippen molar-refractivity contribution >= 4 is 49.5 Å². The molecule has 5 rings (SSSR count). The molecule has 5 heterocycles. The summed E-state index contributed by atoms with van der Waals surface area (Å²) in [5, 5.41) is 1.06. The van der Waals surface area contributed by atoms with Gasteiger partial charge in [-0.1, -0.05) is 0 Å². The van der Waals surface area contributed by atoms with Crippen LogP contribution in [0.1, 0.15) is 32.6 Å². The van der Waals surface area contributed by atoms with Crippen LogP contribution < -0.4 is 4.90 Å². The van der Waals surface area contributed by atoms with Crippen molar-refractivity contribution in [2.24, 2.45) is 11.8 Å². The lowest BCUT2D eigenvalue weighted by Crippen LogP contribution is -2.47. The van der Waals surface area contributed by atoms with Crippen LogP contribution in [-0.2, 0) is 14.3 Å². The number of hydrogen-bond donors (Lipinski definition) is 0. The average molecular weight is 454 g/mol. The number of fused-ring (bicyclic) bond motifs is 3. The Morgan fingerprint density at radius 1 is 1.12 bits per heavy atom. The molecule has 1 atom stereocenters. The monoisotopic (exact) mass is 453 g/mol. The van der Waals surface area contributed by atoms with E-state index in [0.717, 1.165) is 71.6 Å². The van der Waals surface area contributed by atoms with Crippen LogP contribution in [0, 0.1) is 11.8 Å². The number of rotatable bonds is 4. The molecule has 32 heavy (non-hydrogen) atoms. The van der Waals surface area contributed by atoms with E-state index in [0.29, 0.717) is 13.2 Å². The van der Waals surface area contributed by atoms with Gasteiger partial charge in [-0.05, 0) is 44.7 Å². The number of nitrogens with zero attached hydrogens (tertiary/aromatic N) is 5. The van der Waals surface area contributed by atoms with Crippen molar-refractivity contribution in [3.05, 3.63) is 24.7 Å². The Bertz CT molecular complexity index is 1140. The standard InChI is InChI=1S/C23H27N5O3S/c1-2-31-23(30)16-5-4-10-28(13-16)22(29)15-7-11-27(12-8-15)20-19-18(25-14-26-20)17-6-3-9-24-21(17)32-19/h3,6,9,14-16H,2,4-5,7-8,10-13H2,1H3/t16-/m1/s1. The SMILES string of the molecule is CCOC(=O)[C@@H]1CCCN(C(=O)C2CCN(c3ncnc4c3sc3ncccc34)CC2)C1. The highest BCUT2D eigenvalue weighted by atomic mass is 32.1. The summed E-state index contributed by atoms with van der Waals surface area (Å²) in [7, 11) is 0. The molecule has 2 fully saturated rings. The van der Waals surface area contributed by atoms with Crippen molar-refractivity contribution in [1.29, 1.82) is 0 Å². The van der Waals surface area contributed by atoms with Crippen molar-refractivity contribution in [3.63, 3.8) is 0 Å². The summed E-state index contributed by atoms with van der Waals surface area (Å²) >= 11 is 1.62. The molecule has 3 aromatic rings. The molecule has 168 valence electrons. The highest BCUT2D eigenvalue weighted by Gasteiger charge is 2.34. The first-order valence-corrected chi connectivity index (χ1v) is 12.2. The third-order valence-electron chi connectivity index (χ3n) is 6.51. The van der Waals surface area contributed by atoms with Crippen LogP contribution in [0.15, 0.2) is 24.7 Å². The highest BCUT2D eigenvalue weighted by Crippen LogP contribution is 2.37. The zero-order valence-electron chi connectivity index (χ0n) is 18.2. The minimum absolute atomic E-state index is 0.00593. The summed E-state index contributed by atoms with van der Waals surface area (Å²) in [6.45, 7) is 4.97. The van der Waals surface area contributed by atoms with Gasteiger partial charge in [0.25, 0.3) is 0 Å². The molecular formula is C23H27N5O3S. The number of ether oxygens (including phenoxy) is 1. The first kappa shape index (κ1) is 21.1. The van der Waals surface area contributed by atoms with Crippen LogP contribution in [0.25, 0.3) is 20.4 Å². The number of likely N-dealkylation sites (tertiary alicyclic amines) is 1. The maximum absolute atomic E-state index is 13.2. The molecule has 0 spiro atoms. The van der Waals surface area contributed by atoms with E-state index in [2.05, 4.69) is 19.9 Å². The zero-order valence-corrected chi connectivity index (χ0v) is 19.0. The third kappa shape index (κ3) is 3.90. The molecular weight excluding hydrogens is 426 g/mol. The van der Waals surface area contributed by atoms with E-state index in [4.69, 9.17) is 4.74 Å². The number of aromatic nitrogens is 3. The number of piperidine rings is 2. The normalized spacial score (nSPS) is 20.1. The van der Waals surface area contributed by atoms with Crippen molar-refractivity contribution in [2.45, 2.75) is 32.6 Å². The molecule has 2 aliphatic rings. The lowest BCUT2D eigenvalue weighted by Gasteiger charge is -2.37. The number of carbonyl (C=O) groups is 2. The van der Waals surface area contributed by atoms with E-state index in [1.165, 1.54) is 0 Å². The smallest absolute Gasteiger partial charge is 0.310 e. The van der Waals surface area contributed by atoms with Crippen LogP contribution >= 0.6 is 11.3 Å². The van der Waals surface area contributed by atoms with E-state index >= 15 is 0 Å². The van der Waals surface area contributed by atoms with Crippen LogP contribution in [0.4, 0.5) is 5.82 Å². The summed E-state index contributed by atoms with van der Waals surface area (Å²) < 4.78 is 6.23. The van der Waals surface area contributed by atoms with E-state index in [-0.39, 0.29) is 23.7 Å². The molecule has 0 N–H and O–H groups in total. The molecule has 3 aromatic heterocycles. The van der Waals surface area contributed by atoms with Gasteiger partial charge >= 0.3 is 5.97 Å². The Hall–Kier alpha value is -2.81. The van der Waals surface area contributed by atoms with Gasteiger partial charge < -0.3 is 14.5 Å². The fourth-order valence-electron chi connectivity index (χ4n) is 4.85. The van der Waals surface area contributed by atoms with Crippen LogP contribution in [0.3, 0.4) is 0 Å². The second-order valence-corrected chi connectivity index (χ2v) is 9.47. The van der Waals surface area contributed by atoms with Crippen molar-refractivity contribution in [1.82, 2.24) is 19.9 Å². The second kappa shape index (κ2) is 8.97. The van der Waals surface area contributed by atoms with Gasteiger partial charge in [-0.3, -0.25) is 9.59 Å². The fourth-order valence-corrected chi connectivity index (χ4v) is 5.96. The number of thiophene rings is 1. The molecule has 9 heteroatoms. The second-order valence-electron chi connectivity index (χ2n) is 8.47. The van der Waals surface area contributed by atoms with Crippen molar-refractivity contribution in [2.75, 3.05) is 37.7 Å². The summed E-state index contributed by atoms with van der Waals surface area (Å²) in [5.41, 5.74) is 0.944. The van der Waals surface area contributed by atoms with E-state index < -0.39 is 0 Å². The van der Waals surface area contributed by atoms with E-state index in [1.54, 1.807) is 23.9 Å². The van der Waals surface area contributed by atoms with Crippen molar-refractivity contribution in [3.8, 4) is 0 Å². The molecule has 0 bridgehead atoms. The number of carbonyl (C=O) groups excluding carboxylic acids is 2. The number of anilines is 1. The lowest BCUT2D eigenvalue weighted by atomic mass is 9.92. The minimum atomic E-state index is -0.191. The predicted molar refractivity (Wildman–Crippen MR) is 124 cm³/mol. The van der Waals surface area contributed by atoms with Crippen LogP contribution in [0.2, 0.25) is 0 Å². The summed E-state index contributed by atoms with van der Waals surface area (Å²) in [6.07, 6.45) is 6.65. The molecule has 0 aromatic carbocycles. The molecule has 0 saturated carbocycles. The topological polar surface area (TPSA) is 88.5 Å². The Labute approximate surface area is 190 Å². The third-order valence-corrected chi connectivity index (χ3v) is 7.61. The van der Waals surface area contributed by atoms with Crippen LogP contribution in [0.5, 0.6) is 0 Å². The maximum atomic E-state index is 13.2. The Balaban J connectivity index is 1.26. The van der Waals surface area contributed by atoms with Gasteiger partial charge in [-0.25, -0.2) is 15.0 Å². The number of pyridine rings is 1. The van der Waals surface area contributed by atoms with Gasteiger partial charge in [0.1, 0.15) is 17.0 Å². The summed E-state index contributed by atoms with van der Waals surface area (Å²) in [5.74, 6) is 0.740. The van der Waals surface area contributed by atoms with Gasteiger partial charge in [-0.2, -0.15) is 0 Å². The minimum Gasteiger partial charge on any atom is -0.466 e. The first-order chi connectivity index (χ1) is 15.7. The quantitative estimate of drug-likeness (QED) is 0.560. The molecule has 1 amide bonds. The van der Waals surface area contributed by atoms with Crippen molar-refractivity contribution < 1.29 is 14.3 Å². The van der Waals surface area contributed by atoms with E-state index in [9.17, 15) is 9.59 Å². The molecule has 0 radical (unpaired) electrons. The molecule has 0 unspecified atom stereocenters.